The number of carbonyl (C=O) groups excluding carboxylic acids is 2. The fourth-order valence-electron chi connectivity index (χ4n) is 2.62. The molecule has 0 aliphatic rings. The Hall–Kier alpha value is -0.381. The molecule has 0 saturated carbocycles. The molecule has 2 heterocycles. The van der Waals surface area contributed by atoms with Crippen molar-refractivity contribution >= 4 is 41.3 Å². The Labute approximate surface area is 368 Å². The molecular weight excluding hydrogens is 859 g/mol. The molecule has 9 nitrogen and oxygen atoms in total. The van der Waals surface area contributed by atoms with Crippen molar-refractivity contribution in [2.45, 2.75) is 13.8 Å². The number of rotatable bonds is 5. The van der Waals surface area contributed by atoms with Gasteiger partial charge in [-0.15, -0.1) is 0 Å². The Kier molecular flexibility index (Phi) is 25.9. The van der Waals surface area contributed by atoms with Crippen LogP contribution in [0.25, 0.3) is 11.3 Å². The van der Waals surface area contributed by atoms with Crippen molar-refractivity contribution in [1.29, 1.82) is 0 Å². The molecule has 0 atom stereocenters. The maximum absolute atomic E-state index is 12.7. The van der Waals surface area contributed by atoms with Crippen molar-refractivity contribution in [3.8, 4) is 17.0 Å². The Balaban J connectivity index is 0. The Morgan fingerprint density at radius 1 is 0.810 bits per heavy atom. The third-order valence-electron chi connectivity index (χ3n) is 4.44. The van der Waals surface area contributed by atoms with Gasteiger partial charge in [0.1, 0.15) is 22.0 Å². The number of aromatic nitrogens is 2. The first-order valence-electron chi connectivity index (χ1n) is 11.1. The molecular formula is C27H22BBrCs2F2N2O7+. The Bertz CT molecular complexity index is 1400. The summed E-state index contributed by atoms with van der Waals surface area (Å²) in [6, 6.07) is 18.1. The fourth-order valence-corrected chi connectivity index (χ4v) is 2.99. The number of Topliss-reactive ketones (excluding diaryl/α,β-unsaturated/α-hetero) is 2. The molecule has 0 aliphatic carbocycles. The molecule has 15 heteroatoms. The number of nitrogens with zero attached hydrogens (tertiary/aromatic N) is 2. The molecule has 0 fully saturated rings. The number of carboxylic acid groups (broad SMARTS) is 2. The summed E-state index contributed by atoms with van der Waals surface area (Å²) >= 11 is 3.17. The van der Waals surface area contributed by atoms with Crippen molar-refractivity contribution in [1.82, 2.24) is 9.97 Å². The van der Waals surface area contributed by atoms with Gasteiger partial charge in [-0.25, -0.2) is 13.8 Å². The number of hydrogen-bond donors (Lipinski definition) is 2. The molecule has 207 valence electrons. The summed E-state index contributed by atoms with van der Waals surface area (Å²) in [7, 11) is 0.549. The van der Waals surface area contributed by atoms with E-state index in [0.29, 0.717) is 34.9 Å². The first kappa shape index (κ1) is 43.7. The van der Waals surface area contributed by atoms with E-state index in [1.165, 1.54) is 50.2 Å². The largest absolute Gasteiger partial charge is 1.00 e. The molecule has 0 bridgehead atoms. The van der Waals surface area contributed by atoms with Gasteiger partial charge in [0.15, 0.2) is 11.6 Å². The van der Waals surface area contributed by atoms with E-state index in [1.807, 2.05) is 0 Å². The topological polar surface area (TPSA) is 150 Å². The molecule has 0 unspecified atom stereocenters. The molecule has 0 amide bonds. The molecule has 2 N–H and O–H groups in total. The van der Waals surface area contributed by atoms with Crippen LogP contribution >= 0.6 is 15.9 Å². The van der Waals surface area contributed by atoms with E-state index >= 15 is 0 Å². The second-order valence-electron chi connectivity index (χ2n) is 7.36. The number of pyridine rings is 2. The zero-order valence-electron chi connectivity index (χ0n) is 23.1. The van der Waals surface area contributed by atoms with E-state index < -0.39 is 6.16 Å². The van der Waals surface area contributed by atoms with Gasteiger partial charge in [-0.05, 0) is 103 Å². The summed E-state index contributed by atoms with van der Waals surface area (Å²) in [6.07, 6.45) is 1.09. The van der Waals surface area contributed by atoms with Crippen LogP contribution in [0.2, 0.25) is 0 Å². The van der Waals surface area contributed by atoms with E-state index in [1.54, 1.807) is 48.8 Å². The second-order valence-corrected chi connectivity index (χ2v) is 8.17. The smallest absolute Gasteiger partial charge is 0.565 e. The van der Waals surface area contributed by atoms with Gasteiger partial charge in [-0.1, -0.05) is 0 Å². The van der Waals surface area contributed by atoms with E-state index in [0.717, 1.165) is 5.56 Å². The van der Waals surface area contributed by atoms with Crippen LogP contribution in [-0.4, -0.2) is 45.5 Å². The van der Waals surface area contributed by atoms with Gasteiger partial charge in [-0.3, -0.25) is 14.6 Å². The molecule has 4 rings (SSSR count). The normalized spacial score (nSPS) is 8.81. The molecule has 0 spiro atoms. The SMILES string of the molecule is CC(=O)c1ccnc(-c2ccc(F)cc2)c1.CC(=O)c1ccnc(Br)c1.O=C([O-])O.O[B]Oc1ccc(F)cc1.[Cs+].[Cs+]. The average molecular weight is 881 g/mol. The van der Waals surface area contributed by atoms with Crippen molar-refractivity contribution in [3.63, 3.8) is 0 Å². The van der Waals surface area contributed by atoms with Crippen LogP contribution in [0.5, 0.6) is 5.75 Å². The maximum atomic E-state index is 12.7. The van der Waals surface area contributed by atoms with Crippen molar-refractivity contribution in [2.75, 3.05) is 0 Å². The number of benzene rings is 2. The fraction of sp³-hybridized carbons (Fsp3) is 0.0741. The van der Waals surface area contributed by atoms with E-state index in [9.17, 15) is 18.4 Å². The number of carbonyl (C=O) groups is 3. The number of hydrogen-bond acceptors (Lipinski definition) is 8. The molecule has 42 heavy (non-hydrogen) atoms. The Morgan fingerprint density at radius 2 is 1.24 bits per heavy atom. The first-order chi connectivity index (χ1) is 18.9. The summed E-state index contributed by atoms with van der Waals surface area (Å²) in [5.74, 6) is -0.158. The van der Waals surface area contributed by atoms with Crippen LogP contribution in [0, 0.1) is 11.6 Å². The first-order valence-corrected chi connectivity index (χ1v) is 11.9. The van der Waals surface area contributed by atoms with Gasteiger partial charge in [0.2, 0.25) is 6.16 Å². The van der Waals surface area contributed by atoms with Crippen LogP contribution < -0.4 is 148 Å². The summed E-state index contributed by atoms with van der Waals surface area (Å²) in [4.78, 5) is 38.4. The minimum absolute atomic E-state index is 0. The van der Waals surface area contributed by atoms with E-state index in [-0.39, 0.29) is 161 Å². The predicted molar refractivity (Wildman–Crippen MR) is 145 cm³/mol. The zero-order valence-corrected chi connectivity index (χ0v) is 37.3. The van der Waals surface area contributed by atoms with Gasteiger partial charge >= 0.3 is 145 Å². The van der Waals surface area contributed by atoms with Gasteiger partial charge in [0.05, 0.1) is 5.69 Å². The molecule has 2 aromatic heterocycles. The summed E-state index contributed by atoms with van der Waals surface area (Å²) in [6.45, 7) is 3.03. The third kappa shape index (κ3) is 19.8. The van der Waals surface area contributed by atoms with Crippen molar-refractivity contribution in [3.05, 3.63) is 113 Å². The molecule has 0 saturated heterocycles. The van der Waals surface area contributed by atoms with Gasteiger partial charge < -0.3 is 24.7 Å². The van der Waals surface area contributed by atoms with Crippen LogP contribution in [0.4, 0.5) is 13.6 Å². The molecule has 0 aliphatic heterocycles. The van der Waals surface area contributed by atoms with Gasteiger partial charge in [0.25, 0.3) is 0 Å². The average Bonchev–Trinajstić information content (AvgIpc) is 2.91. The van der Waals surface area contributed by atoms with Crippen LogP contribution in [0.3, 0.4) is 0 Å². The molecule has 2 aromatic carbocycles. The minimum atomic E-state index is -2.08. The molecule has 4 aromatic rings. The third-order valence-corrected chi connectivity index (χ3v) is 4.88. The van der Waals surface area contributed by atoms with Gasteiger partial charge in [0, 0.05) is 29.1 Å². The Morgan fingerprint density at radius 3 is 1.64 bits per heavy atom. The van der Waals surface area contributed by atoms with E-state index in [4.69, 9.17) is 20.0 Å². The quantitative estimate of drug-likeness (QED) is 0.143. The van der Waals surface area contributed by atoms with Crippen molar-refractivity contribution in [2.24, 2.45) is 0 Å². The van der Waals surface area contributed by atoms with Crippen LogP contribution in [0.1, 0.15) is 34.6 Å². The zero-order chi connectivity index (χ0) is 30.1. The summed E-state index contributed by atoms with van der Waals surface area (Å²) in [5.41, 5.74) is 2.76. The number of ketones is 2. The monoisotopic (exact) mass is 880 g/mol. The summed E-state index contributed by atoms with van der Waals surface area (Å²) < 4.78 is 30.2. The standard InChI is InChI=1S/C13H10FNO.C7H6BrNO.C6H5BFO2.CH2O3.2Cs/c1-9(16)11-6-7-15-13(8-11)10-2-4-12(14)5-3-10;1-5(10)6-2-3-9-7(8)4-6;8-5-1-3-6(4-2-5)10-7-9;2-1(3)4;;/h2-8H,1H3;2-4H,1H3;1-4,9H;(H2,2,3,4);;/q;;;;2*+1/p-1. The second kappa shape index (κ2) is 24.9. The number of halogens is 3. The predicted octanol–water partition coefficient (Wildman–Crippen LogP) is -1.24. The van der Waals surface area contributed by atoms with Crippen LogP contribution in [-0.2, 0) is 0 Å². The molecule has 1 radical (unpaired) electrons. The summed E-state index contributed by atoms with van der Waals surface area (Å²) in [5, 5.41) is 23.5. The van der Waals surface area contributed by atoms with Crippen molar-refractivity contribution < 1.29 is 181 Å². The maximum Gasteiger partial charge on any atom is 1.00 e. The minimum Gasteiger partial charge on any atom is -0.565 e. The van der Waals surface area contributed by atoms with Gasteiger partial charge in [-0.2, -0.15) is 0 Å². The van der Waals surface area contributed by atoms with E-state index in [2.05, 4.69) is 30.6 Å². The van der Waals surface area contributed by atoms with Crippen LogP contribution in [0.15, 0.2) is 89.8 Å².